The number of ether oxygens (including phenoxy) is 2. The molecule has 0 saturated heterocycles. The highest BCUT2D eigenvalue weighted by Gasteiger charge is 2.07. The van der Waals surface area contributed by atoms with Crippen LogP contribution >= 0.6 is 11.6 Å². The Balaban J connectivity index is 1.49. The Morgan fingerprint density at radius 2 is 1.54 bits per heavy atom. The SMILES string of the molecule is Cc1cc(OCC(=O)Nc2ccc(OCc3ccccc3)cc2)cc(C)c1Cl. The first-order valence-electron chi connectivity index (χ1n) is 8.97. The summed E-state index contributed by atoms with van der Waals surface area (Å²) in [6.07, 6.45) is 0. The van der Waals surface area contributed by atoms with Crippen LogP contribution in [0.3, 0.4) is 0 Å². The standard InChI is InChI=1S/C23H22ClNO3/c1-16-12-21(13-17(2)23(16)24)28-15-22(26)25-19-8-10-20(11-9-19)27-14-18-6-4-3-5-7-18/h3-13H,14-15H2,1-2H3,(H,25,26). The largest absolute Gasteiger partial charge is 0.489 e. The third-order valence-electron chi connectivity index (χ3n) is 4.17. The Kier molecular flexibility index (Phi) is 6.56. The molecule has 3 aromatic carbocycles. The van der Waals surface area contributed by atoms with Gasteiger partial charge in [-0.05, 0) is 66.9 Å². The number of nitrogens with one attached hydrogen (secondary N) is 1. The molecule has 0 heterocycles. The molecule has 0 bridgehead atoms. The molecule has 4 nitrogen and oxygen atoms in total. The predicted molar refractivity (Wildman–Crippen MR) is 112 cm³/mol. The van der Waals surface area contributed by atoms with Crippen molar-refractivity contribution < 1.29 is 14.3 Å². The minimum Gasteiger partial charge on any atom is -0.489 e. The topological polar surface area (TPSA) is 47.6 Å². The van der Waals surface area contributed by atoms with Crippen molar-refractivity contribution in [2.75, 3.05) is 11.9 Å². The van der Waals surface area contributed by atoms with E-state index >= 15 is 0 Å². The molecular formula is C23H22ClNO3. The average molecular weight is 396 g/mol. The molecule has 0 aliphatic rings. The van der Waals surface area contributed by atoms with Gasteiger partial charge in [-0.3, -0.25) is 4.79 Å². The fraction of sp³-hybridized carbons (Fsp3) is 0.174. The molecule has 0 saturated carbocycles. The number of hydrogen-bond acceptors (Lipinski definition) is 3. The number of carbonyl (C=O) groups excluding carboxylic acids is 1. The van der Waals surface area contributed by atoms with Gasteiger partial charge in [0, 0.05) is 10.7 Å². The first-order valence-corrected chi connectivity index (χ1v) is 9.35. The van der Waals surface area contributed by atoms with Crippen LogP contribution in [-0.4, -0.2) is 12.5 Å². The van der Waals surface area contributed by atoms with E-state index in [4.69, 9.17) is 21.1 Å². The molecule has 0 radical (unpaired) electrons. The van der Waals surface area contributed by atoms with Crippen LogP contribution in [-0.2, 0) is 11.4 Å². The first-order chi connectivity index (χ1) is 13.5. The maximum absolute atomic E-state index is 12.1. The molecule has 0 aliphatic heterocycles. The van der Waals surface area contributed by atoms with Crippen molar-refractivity contribution in [1.82, 2.24) is 0 Å². The Bertz CT molecular complexity index is 917. The van der Waals surface area contributed by atoms with Gasteiger partial charge in [0.25, 0.3) is 5.91 Å². The molecule has 0 aromatic heterocycles. The molecule has 3 aromatic rings. The Hall–Kier alpha value is -2.98. The fourth-order valence-electron chi connectivity index (χ4n) is 2.71. The van der Waals surface area contributed by atoms with Crippen LogP contribution < -0.4 is 14.8 Å². The lowest BCUT2D eigenvalue weighted by molar-refractivity contribution is -0.118. The molecule has 3 rings (SSSR count). The second-order valence-electron chi connectivity index (χ2n) is 6.51. The molecule has 0 atom stereocenters. The third-order valence-corrected chi connectivity index (χ3v) is 4.76. The van der Waals surface area contributed by atoms with E-state index in [9.17, 15) is 4.79 Å². The van der Waals surface area contributed by atoms with Gasteiger partial charge in [-0.2, -0.15) is 0 Å². The van der Waals surface area contributed by atoms with E-state index in [1.807, 2.05) is 68.4 Å². The van der Waals surface area contributed by atoms with Gasteiger partial charge < -0.3 is 14.8 Å². The summed E-state index contributed by atoms with van der Waals surface area (Å²) in [5.41, 5.74) is 3.63. The molecule has 28 heavy (non-hydrogen) atoms. The predicted octanol–water partition coefficient (Wildman–Crippen LogP) is 5.55. The number of halogens is 1. The second-order valence-corrected chi connectivity index (χ2v) is 6.88. The van der Waals surface area contributed by atoms with Crippen molar-refractivity contribution in [2.24, 2.45) is 0 Å². The second kappa shape index (κ2) is 9.29. The van der Waals surface area contributed by atoms with Crippen LogP contribution in [0.5, 0.6) is 11.5 Å². The lowest BCUT2D eigenvalue weighted by Gasteiger charge is -2.11. The molecule has 0 aliphatic carbocycles. The summed E-state index contributed by atoms with van der Waals surface area (Å²) in [5, 5.41) is 3.52. The number of hydrogen-bond donors (Lipinski definition) is 1. The summed E-state index contributed by atoms with van der Waals surface area (Å²) in [5.74, 6) is 1.13. The number of rotatable bonds is 7. The van der Waals surface area contributed by atoms with E-state index < -0.39 is 0 Å². The smallest absolute Gasteiger partial charge is 0.262 e. The first kappa shape index (κ1) is 19.8. The van der Waals surface area contributed by atoms with Crippen LogP contribution in [0.15, 0.2) is 66.7 Å². The summed E-state index contributed by atoms with van der Waals surface area (Å²) in [6.45, 7) is 4.24. The summed E-state index contributed by atoms with van der Waals surface area (Å²) in [4.78, 5) is 12.1. The van der Waals surface area contributed by atoms with Gasteiger partial charge in [0.15, 0.2) is 6.61 Å². The van der Waals surface area contributed by atoms with Crippen LogP contribution in [0.4, 0.5) is 5.69 Å². The fourth-order valence-corrected chi connectivity index (χ4v) is 2.82. The van der Waals surface area contributed by atoms with E-state index in [-0.39, 0.29) is 12.5 Å². The molecular weight excluding hydrogens is 374 g/mol. The number of amides is 1. The van der Waals surface area contributed by atoms with Crippen LogP contribution in [0.25, 0.3) is 0 Å². The lowest BCUT2D eigenvalue weighted by Crippen LogP contribution is -2.20. The van der Waals surface area contributed by atoms with Crippen molar-refractivity contribution >= 4 is 23.2 Å². The van der Waals surface area contributed by atoms with Crippen molar-refractivity contribution in [3.63, 3.8) is 0 Å². The Morgan fingerprint density at radius 3 is 2.18 bits per heavy atom. The van der Waals surface area contributed by atoms with E-state index in [0.717, 1.165) is 22.4 Å². The number of benzene rings is 3. The normalized spacial score (nSPS) is 10.4. The zero-order chi connectivity index (χ0) is 19.9. The van der Waals surface area contributed by atoms with Gasteiger partial charge in [-0.15, -0.1) is 0 Å². The maximum Gasteiger partial charge on any atom is 0.262 e. The average Bonchev–Trinajstić information content (AvgIpc) is 2.70. The van der Waals surface area contributed by atoms with E-state index in [1.165, 1.54) is 0 Å². The monoisotopic (exact) mass is 395 g/mol. The highest BCUT2D eigenvalue weighted by Crippen LogP contribution is 2.26. The highest BCUT2D eigenvalue weighted by molar-refractivity contribution is 6.32. The lowest BCUT2D eigenvalue weighted by atomic mass is 10.1. The van der Waals surface area contributed by atoms with E-state index in [0.29, 0.717) is 23.1 Å². The van der Waals surface area contributed by atoms with Crippen molar-refractivity contribution in [2.45, 2.75) is 20.5 Å². The zero-order valence-electron chi connectivity index (χ0n) is 15.9. The van der Waals surface area contributed by atoms with Crippen molar-refractivity contribution in [3.8, 4) is 11.5 Å². The van der Waals surface area contributed by atoms with Crippen LogP contribution in [0, 0.1) is 13.8 Å². The van der Waals surface area contributed by atoms with Gasteiger partial charge in [-0.1, -0.05) is 41.9 Å². The highest BCUT2D eigenvalue weighted by atomic mass is 35.5. The summed E-state index contributed by atoms with van der Waals surface area (Å²) in [7, 11) is 0. The zero-order valence-corrected chi connectivity index (χ0v) is 16.6. The Morgan fingerprint density at radius 1 is 0.893 bits per heavy atom. The molecule has 5 heteroatoms. The maximum atomic E-state index is 12.1. The molecule has 0 spiro atoms. The van der Waals surface area contributed by atoms with Gasteiger partial charge >= 0.3 is 0 Å². The number of anilines is 1. The molecule has 144 valence electrons. The molecule has 0 fully saturated rings. The van der Waals surface area contributed by atoms with Gasteiger partial charge in [0.1, 0.15) is 18.1 Å². The van der Waals surface area contributed by atoms with E-state index in [1.54, 1.807) is 12.1 Å². The number of aryl methyl sites for hydroxylation is 2. The minimum atomic E-state index is -0.233. The summed E-state index contributed by atoms with van der Waals surface area (Å²) in [6, 6.07) is 20.8. The quantitative estimate of drug-likeness (QED) is 0.570. The summed E-state index contributed by atoms with van der Waals surface area (Å²) >= 11 is 6.14. The minimum absolute atomic E-state index is 0.0766. The third kappa shape index (κ3) is 5.51. The summed E-state index contributed by atoms with van der Waals surface area (Å²) < 4.78 is 11.3. The van der Waals surface area contributed by atoms with Crippen LogP contribution in [0.2, 0.25) is 5.02 Å². The van der Waals surface area contributed by atoms with Gasteiger partial charge in [0.05, 0.1) is 0 Å². The molecule has 0 unspecified atom stereocenters. The van der Waals surface area contributed by atoms with Crippen LogP contribution in [0.1, 0.15) is 16.7 Å². The molecule has 1 amide bonds. The van der Waals surface area contributed by atoms with Gasteiger partial charge in [0.2, 0.25) is 0 Å². The van der Waals surface area contributed by atoms with Gasteiger partial charge in [-0.25, -0.2) is 0 Å². The van der Waals surface area contributed by atoms with E-state index in [2.05, 4.69) is 5.32 Å². The van der Waals surface area contributed by atoms with Crippen molar-refractivity contribution in [1.29, 1.82) is 0 Å². The van der Waals surface area contributed by atoms with Crippen molar-refractivity contribution in [3.05, 3.63) is 88.4 Å². The number of carbonyl (C=O) groups is 1. The Labute approximate surface area is 170 Å². The molecule has 1 N–H and O–H groups in total.